The van der Waals surface area contributed by atoms with Crippen LogP contribution in [0.5, 0.6) is 5.75 Å². The minimum atomic E-state index is -0.397. The Bertz CT molecular complexity index is 1520. The highest BCUT2D eigenvalue weighted by molar-refractivity contribution is 7.18. The van der Waals surface area contributed by atoms with Gasteiger partial charge in [-0.3, -0.25) is 9.36 Å². The summed E-state index contributed by atoms with van der Waals surface area (Å²) in [5.74, 6) is 0.688. The van der Waals surface area contributed by atoms with E-state index >= 15 is 0 Å². The second-order valence-corrected chi connectivity index (χ2v) is 9.53. The Kier molecular flexibility index (Phi) is 6.08. The lowest BCUT2D eigenvalue weighted by atomic mass is 10.1. The summed E-state index contributed by atoms with van der Waals surface area (Å²) < 4.78 is 8.47. The van der Waals surface area contributed by atoms with E-state index < -0.39 is 5.69 Å². The standard InChI is InChI=1S/C27H25N3O3S/c1-2-33-21-14-12-20(13-15-21)30-25(31)24-22-10-4-3-5-11-23(22)34-26(24)29(27(30)32)17-19-9-7-6-8-18(19)16-28/h6-9,12-15H,2-5,10-11,17H2,1H3. The molecule has 0 saturated carbocycles. The van der Waals surface area contributed by atoms with E-state index in [9.17, 15) is 14.9 Å². The molecule has 1 aliphatic carbocycles. The molecule has 0 amide bonds. The first kappa shape index (κ1) is 22.2. The van der Waals surface area contributed by atoms with Crippen LogP contribution in [-0.4, -0.2) is 15.7 Å². The highest BCUT2D eigenvalue weighted by Gasteiger charge is 2.24. The second-order valence-electron chi connectivity index (χ2n) is 8.45. The molecule has 5 rings (SSSR count). The maximum absolute atomic E-state index is 13.8. The fourth-order valence-electron chi connectivity index (χ4n) is 4.71. The number of nitrogens with zero attached hydrogens (tertiary/aromatic N) is 3. The van der Waals surface area contributed by atoms with Gasteiger partial charge in [0.25, 0.3) is 5.56 Å². The Morgan fingerprint density at radius 3 is 2.56 bits per heavy atom. The quantitative estimate of drug-likeness (QED) is 0.392. The molecule has 0 fully saturated rings. The average molecular weight is 472 g/mol. The van der Waals surface area contributed by atoms with Crippen LogP contribution in [0.25, 0.3) is 15.9 Å². The number of aromatic nitrogens is 2. The van der Waals surface area contributed by atoms with Crippen LogP contribution in [0.3, 0.4) is 0 Å². The Morgan fingerprint density at radius 2 is 1.79 bits per heavy atom. The molecule has 1 aliphatic rings. The summed E-state index contributed by atoms with van der Waals surface area (Å²) in [6.07, 6.45) is 5.05. The molecule has 0 N–H and O–H groups in total. The molecular weight excluding hydrogens is 446 g/mol. The summed E-state index contributed by atoms with van der Waals surface area (Å²) in [5.41, 5.74) is 2.22. The van der Waals surface area contributed by atoms with E-state index in [2.05, 4.69) is 6.07 Å². The number of hydrogen-bond donors (Lipinski definition) is 0. The van der Waals surface area contributed by atoms with Gasteiger partial charge in [0, 0.05) is 4.88 Å². The van der Waals surface area contributed by atoms with Crippen LogP contribution < -0.4 is 16.0 Å². The smallest absolute Gasteiger partial charge is 0.337 e. The molecule has 0 aliphatic heterocycles. The zero-order chi connectivity index (χ0) is 23.7. The van der Waals surface area contributed by atoms with Crippen molar-refractivity contribution in [2.45, 2.75) is 45.6 Å². The molecule has 0 spiro atoms. The highest BCUT2D eigenvalue weighted by atomic mass is 32.1. The van der Waals surface area contributed by atoms with Crippen molar-refractivity contribution >= 4 is 21.6 Å². The van der Waals surface area contributed by atoms with Crippen LogP contribution in [0.2, 0.25) is 0 Å². The van der Waals surface area contributed by atoms with E-state index in [0.29, 0.717) is 33.8 Å². The van der Waals surface area contributed by atoms with Crippen LogP contribution in [0, 0.1) is 11.3 Å². The van der Waals surface area contributed by atoms with Crippen molar-refractivity contribution in [3.63, 3.8) is 0 Å². The molecule has 2 aromatic heterocycles. The molecule has 0 saturated heterocycles. The molecule has 172 valence electrons. The summed E-state index contributed by atoms with van der Waals surface area (Å²) in [4.78, 5) is 29.5. The Balaban J connectivity index is 1.78. The zero-order valence-corrected chi connectivity index (χ0v) is 19.9. The molecule has 34 heavy (non-hydrogen) atoms. The van der Waals surface area contributed by atoms with Crippen molar-refractivity contribution in [1.29, 1.82) is 5.26 Å². The summed E-state index contributed by atoms with van der Waals surface area (Å²) in [7, 11) is 0. The molecule has 4 aromatic rings. The summed E-state index contributed by atoms with van der Waals surface area (Å²) in [6.45, 7) is 2.68. The van der Waals surface area contributed by atoms with Crippen molar-refractivity contribution in [3.05, 3.63) is 90.9 Å². The molecular formula is C27H25N3O3S. The number of thiophene rings is 1. The van der Waals surface area contributed by atoms with Crippen LogP contribution in [0.15, 0.2) is 58.1 Å². The predicted molar refractivity (Wildman–Crippen MR) is 134 cm³/mol. The van der Waals surface area contributed by atoms with Crippen LogP contribution in [-0.2, 0) is 19.4 Å². The molecule has 2 heterocycles. The number of fused-ring (bicyclic) bond motifs is 3. The lowest BCUT2D eigenvalue weighted by molar-refractivity contribution is 0.340. The van der Waals surface area contributed by atoms with E-state index in [1.807, 2.05) is 25.1 Å². The van der Waals surface area contributed by atoms with E-state index in [1.54, 1.807) is 46.2 Å². The van der Waals surface area contributed by atoms with Crippen molar-refractivity contribution in [3.8, 4) is 17.5 Å². The number of benzene rings is 2. The third-order valence-electron chi connectivity index (χ3n) is 6.36. The van der Waals surface area contributed by atoms with Gasteiger partial charge in [-0.25, -0.2) is 9.36 Å². The Hall–Kier alpha value is -3.63. The number of aryl methyl sites for hydroxylation is 2. The van der Waals surface area contributed by atoms with Gasteiger partial charge in [-0.2, -0.15) is 5.26 Å². The molecule has 7 heteroatoms. The van der Waals surface area contributed by atoms with Gasteiger partial charge in [0.05, 0.1) is 35.9 Å². The number of nitriles is 1. The lowest BCUT2D eigenvalue weighted by Crippen LogP contribution is -2.39. The van der Waals surface area contributed by atoms with Crippen LogP contribution in [0.1, 0.15) is 47.8 Å². The maximum Gasteiger partial charge on any atom is 0.337 e. The maximum atomic E-state index is 13.8. The zero-order valence-electron chi connectivity index (χ0n) is 19.0. The first-order valence-electron chi connectivity index (χ1n) is 11.6. The van der Waals surface area contributed by atoms with Crippen LogP contribution >= 0.6 is 11.3 Å². The van der Waals surface area contributed by atoms with Gasteiger partial charge in [-0.1, -0.05) is 24.6 Å². The molecule has 6 nitrogen and oxygen atoms in total. The number of ether oxygens (including phenoxy) is 1. The van der Waals surface area contributed by atoms with E-state index in [4.69, 9.17) is 4.74 Å². The molecule has 0 bridgehead atoms. The summed E-state index contributed by atoms with van der Waals surface area (Å²) in [5, 5.41) is 10.2. The summed E-state index contributed by atoms with van der Waals surface area (Å²) in [6, 6.07) is 16.6. The highest BCUT2D eigenvalue weighted by Crippen LogP contribution is 2.34. The number of rotatable bonds is 5. The van der Waals surface area contributed by atoms with Gasteiger partial charge in [-0.05, 0) is 74.1 Å². The third-order valence-corrected chi connectivity index (χ3v) is 7.67. The lowest BCUT2D eigenvalue weighted by Gasteiger charge is -2.14. The fourth-order valence-corrected chi connectivity index (χ4v) is 6.08. The largest absolute Gasteiger partial charge is 0.494 e. The minimum absolute atomic E-state index is 0.232. The monoisotopic (exact) mass is 471 g/mol. The van der Waals surface area contributed by atoms with Crippen LogP contribution in [0.4, 0.5) is 0 Å². The Labute approximate surface area is 201 Å². The average Bonchev–Trinajstić information content (AvgIpc) is 3.06. The van der Waals surface area contributed by atoms with Crippen molar-refractivity contribution in [1.82, 2.24) is 9.13 Å². The first-order chi connectivity index (χ1) is 16.6. The van der Waals surface area contributed by atoms with Gasteiger partial charge >= 0.3 is 5.69 Å². The predicted octanol–water partition coefficient (Wildman–Crippen LogP) is 4.80. The fraction of sp³-hybridized carbons (Fsp3) is 0.296. The number of hydrogen-bond acceptors (Lipinski definition) is 5. The molecule has 0 atom stereocenters. The van der Waals surface area contributed by atoms with Gasteiger partial charge in [-0.15, -0.1) is 11.3 Å². The topological polar surface area (TPSA) is 77.0 Å². The normalized spacial score (nSPS) is 13.3. The summed E-state index contributed by atoms with van der Waals surface area (Å²) >= 11 is 1.56. The Morgan fingerprint density at radius 1 is 1.03 bits per heavy atom. The van der Waals surface area contributed by atoms with Crippen molar-refractivity contribution in [2.75, 3.05) is 6.61 Å². The van der Waals surface area contributed by atoms with E-state index in [-0.39, 0.29) is 12.1 Å². The molecule has 2 aromatic carbocycles. The van der Waals surface area contributed by atoms with Gasteiger partial charge in [0.1, 0.15) is 10.6 Å². The first-order valence-corrected chi connectivity index (χ1v) is 12.5. The van der Waals surface area contributed by atoms with Crippen molar-refractivity contribution in [2.24, 2.45) is 0 Å². The van der Waals surface area contributed by atoms with Crippen molar-refractivity contribution < 1.29 is 4.74 Å². The van der Waals surface area contributed by atoms with E-state index in [1.165, 1.54) is 9.44 Å². The van der Waals surface area contributed by atoms with E-state index in [0.717, 1.165) is 43.2 Å². The van der Waals surface area contributed by atoms with Gasteiger partial charge < -0.3 is 4.74 Å². The second kappa shape index (κ2) is 9.32. The SMILES string of the molecule is CCOc1ccc(-n2c(=O)c3c4c(sc3n(Cc3ccccc3C#N)c2=O)CCCCC4)cc1. The molecule has 0 unspecified atom stereocenters. The van der Waals surface area contributed by atoms with Gasteiger partial charge in [0.2, 0.25) is 0 Å². The van der Waals surface area contributed by atoms with Gasteiger partial charge in [0.15, 0.2) is 0 Å². The molecule has 0 radical (unpaired) electrons. The minimum Gasteiger partial charge on any atom is -0.494 e. The third kappa shape index (κ3) is 3.84.